The summed E-state index contributed by atoms with van der Waals surface area (Å²) in [6, 6.07) is 6.87. The minimum Gasteiger partial charge on any atom is -0.443 e. The quantitative estimate of drug-likeness (QED) is 0.686. The third-order valence-electron chi connectivity index (χ3n) is 5.94. The summed E-state index contributed by atoms with van der Waals surface area (Å²) >= 11 is 0. The zero-order valence-electron chi connectivity index (χ0n) is 12.2. The Balaban J connectivity index is 1.68. The molecule has 0 heterocycles. The Morgan fingerprint density at radius 3 is 2.64 bits per heavy atom. The molecule has 1 aromatic carbocycles. The minimum atomic E-state index is -0.688. The fraction of sp³-hybridized carbons (Fsp3) is 0.562. The van der Waals surface area contributed by atoms with E-state index in [4.69, 9.17) is 10.5 Å². The van der Waals surface area contributed by atoms with Crippen LogP contribution in [0.1, 0.15) is 37.7 Å². The van der Waals surface area contributed by atoms with Gasteiger partial charge in [-0.05, 0) is 49.0 Å². The Morgan fingerprint density at radius 2 is 2.00 bits per heavy atom. The van der Waals surface area contributed by atoms with Crippen LogP contribution in [0.2, 0.25) is 0 Å². The lowest BCUT2D eigenvalue weighted by atomic mass is 9.65. The number of nitrogens with two attached hydrogens (primary N) is 1. The zero-order chi connectivity index (χ0) is 15.5. The standard InChI is InChI=1S/C16H18N2O4/c17-14(19)22-16-7-10-5-12(16)8-15(6-10,9-16)11-1-3-13(4-2-11)18(20)21/h1-4,10,12H,5-9H2,(H2,17,19). The highest BCUT2D eigenvalue weighted by molar-refractivity contribution is 5.65. The first-order valence-corrected chi connectivity index (χ1v) is 7.66. The van der Waals surface area contributed by atoms with Gasteiger partial charge in [0, 0.05) is 18.1 Å². The van der Waals surface area contributed by atoms with Crippen LogP contribution < -0.4 is 5.73 Å². The SMILES string of the molecule is NC(=O)OC12CC3CC1CC(c1ccc([N+](=O)[O-])cc1)(C3)C2. The summed E-state index contributed by atoms with van der Waals surface area (Å²) in [6.45, 7) is 0. The molecule has 6 heteroatoms. The number of non-ortho nitro benzene ring substituents is 1. The number of ether oxygens (including phenoxy) is 1. The van der Waals surface area contributed by atoms with Gasteiger partial charge < -0.3 is 10.5 Å². The van der Waals surface area contributed by atoms with E-state index in [-0.39, 0.29) is 16.0 Å². The Morgan fingerprint density at radius 1 is 1.27 bits per heavy atom. The van der Waals surface area contributed by atoms with E-state index < -0.39 is 11.7 Å². The van der Waals surface area contributed by atoms with Crippen molar-refractivity contribution in [3.05, 3.63) is 39.9 Å². The summed E-state index contributed by atoms with van der Waals surface area (Å²) in [5.41, 5.74) is 6.10. The van der Waals surface area contributed by atoms with Gasteiger partial charge in [-0.25, -0.2) is 4.79 Å². The van der Waals surface area contributed by atoms with Gasteiger partial charge in [0.2, 0.25) is 0 Å². The van der Waals surface area contributed by atoms with Crippen LogP contribution in [-0.4, -0.2) is 16.6 Å². The van der Waals surface area contributed by atoms with Gasteiger partial charge in [0.15, 0.2) is 0 Å². The fourth-order valence-electron chi connectivity index (χ4n) is 5.46. The van der Waals surface area contributed by atoms with Crippen molar-refractivity contribution >= 4 is 11.8 Å². The van der Waals surface area contributed by atoms with Crippen LogP contribution in [0, 0.1) is 22.0 Å². The Bertz CT molecular complexity index is 659. The second-order valence-electron chi connectivity index (χ2n) is 7.16. The number of carbonyl (C=O) groups is 1. The number of nitro benzene ring substituents is 1. The molecule has 22 heavy (non-hydrogen) atoms. The van der Waals surface area contributed by atoms with Crippen LogP contribution in [0.15, 0.2) is 24.3 Å². The highest BCUT2D eigenvalue weighted by Crippen LogP contribution is 2.67. The lowest BCUT2D eigenvalue weighted by Crippen LogP contribution is -2.41. The molecule has 1 amide bonds. The van der Waals surface area contributed by atoms with E-state index in [0.29, 0.717) is 11.8 Å². The van der Waals surface area contributed by atoms with Crippen LogP contribution >= 0.6 is 0 Å². The van der Waals surface area contributed by atoms with Crippen LogP contribution in [0.5, 0.6) is 0 Å². The smallest absolute Gasteiger partial charge is 0.405 e. The van der Waals surface area contributed by atoms with Gasteiger partial charge >= 0.3 is 6.09 Å². The number of hydrogen-bond donors (Lipinski definition) is 1. The molecule has 5 rings (SSSR count). The van der Waals surface area contributed by atoms with Crippen LogP contribution in [0.3, 0.4) is 0 Å². The summed E-state index contributed by atoms with van der Waals surface area (Å²) in [4.78, 5) is 21.7. The normalized spacial score (nSPS) is 38.2. The van der Waals surface area contributed by atoms with Gasteiger partial charge in [0.25, 0.3) is 5.69 Å². The Hall–Kier alpha value is -2.11. The van der Waals surface area contributed by atoms with Gasteiger partial charge in [-0.15, -0.1) is 0 Å². The molecule has 4 aliphatic rings. The monoisotopic (exact) mass is 302 g/mol. The van der Waals surface area contributed by atoms with E-state index in [1.165, 1.54) is 0 Å². The average molecular weight is 302 g/mol. The van der Waals surface area contributed by atoms with E-state index >= 15 is 0 Å². The maximum atomic E-state index is 11.3. The number of nitrogens with zero attached hydrogens (tertiary/aromatic N) is 1. The van der Waals surface area contributed by atoms with Crippen molar-refractivity contribution < 1.29 is 14.5 Å². The van der Waals surface area contributed by atoms with Gasteiger partial charge in [-0.1, -0.05) is 12.1 Å². The van der Waals surface area contributed by atoms with E-state index in [1.807, 2.05) is 12.1 Å². The summed E-state index contributed by atoms with van der Waals surface area (Å²) in [7, 11) is 0. The van der Waals surface area contributed by atoms with E-state index in [9.17, 15) is 14.9 Å². The second-order valence-corrected chi connectivity index (χ2v) is 7.16. The topological polar surface area (TPSA) is 95.5 Å². The first-order chi connectivity index (χ1) is 10.4. The molecule has 0 aromatic heterocycles. The maximum Gasteiger partial charge on any atom is 0.405 e. The van der Waals surface area contributed by atoms with Gasteiger partial charge in [-0.2, -0.15) is 0 Å². The maximum absolute atomic E-state index is 11.3. The predicted molar refractivity (Wildman–Crippen MR) is 78.2 cm³/mol. The molecule has 116 valence electrons. The number of benzene rings is 1. The van der Waals surface area contributed by atoms with Crippen molar-refractivity contribution in [2.75, 3.05) is 0 Å². The first kappa shape index (κ1) is 13.5. The van der Waals surface area contributed by atoms with Gasteiger partial charge in [-0.3, -0.25) is 10.1 Å². The Kier molecular flexibility index (Phi) is 2.59. The third kappa shape index (κ3) is 1.76. The molecule has 4 atom stereocenters. The van der Waals surface area contributed by atoms with Gasteiger partial charge in [0.1, 0.15) is 5.60 Å². The average Bonchev–Trinajstić information content (AvgIpc) is 2.81. The number of carbonyl (C=O) groups excluding carboxylic acids is 1. The van der Waals surface area contributed by atoms with Gasteiger partial charge in [0.05, 0.1) is 4.92 Å². The molecular formula is C16H18N2O4. The fourth-order valence-corrected chi connectivity index (χ4v) is 5.46. The van der Waals surface area contributed by atoms with E-state index in [0.717, 1.165) is 37.7 Å². The van der Waals surface area contributed by atoms with E-state index in [1.54, 1.807) is 12.1 Å². The third-order valence-corrected chi connectivity index (χ3v) is 5.94. The molecular weight excluding hydrogens is 284 g/mol. The lowest BCUT2D eigenvalue weighted by molar-refractivity contribution is -0.384. The molecule has 4 aliphatic carbocycles. The van der Waals surface area contributed by atoms with Crippen molar-refractivity contribution in [2.24, 2.45) is 17.6 Å². The minimum absolute atomic E-state index is 0.0174. The number of amides is 1. The molecule has 0 saturated heterocycles. The van der Waals surface area contributed by atoms with Crippen LogP contribution in [0.25, 0.3) is 0 Å². The van der Waals surface area contributed by atoms with Crippen molar-refractivity contribution in [3.63, 3.8) is 0 Å². The highest BCUT2D eigenvalue weighted by atomic mass is 16.6. The summed E-state index contributed by atoms with van der Waals surface area (Å²) < 4.78 is 5.56. The molecule has 0 spiro atoms. The van der Waals surface area contributed by atoms with Crippen LogP contribution in [0.4, 0.5) is 10.5 Å². The molecule has 4 saturated carbocycles. The largest absolute Gasteiger partial charge is 0.443 e. The van der Waals surface area contributed by atoms with Crippen molar-refractivity contribution in [2.45, 2.75) is 43.1 Å². The Labute approximate surface area is 127 Å². The van der Waals surface area contributed by atoms with E-state index in [2.05, 4.69) is 0 Å². The van der Waals surface area contributed by atoms with Crippen LogP contribution in [-0.2, 0) is 10.2 Å². The summed E-state index contributed by atoms with van der Waals surface area (Å²) in [5, 5.41) is 10.8. The second kappa shape index (κ2) is 4.21. The molecule has 4 fully saturated rings. The molecule has 6 nitrogen and oxygen atoms in total. The zero-order valence-corrected chi connectivity index (χ0v) is 12.2. The predicted octanol–water partition coefficient (Wildman–Crippen LogP) is 2.89. The number of nitro groups is 1. The highest BCUT2D eigenvalue weighted by Gasteiger charge is 2.66. The number of rotatable bonds is 3. The number of hydrogen-bond acceptors (Lipinski definition) is 4. The molecule has 2 N–H and O–H groups in total. The molecule has 4 bridgehead atoms. The molecule has 0 radical (unpaired) electrons. The molecule has 4 unspecified atom stereocenters. The first-order valence-electron chi connectivity index (χ1n) is 7.66. The van der Waals surface area contributed by atoms with Crippen molar-refractivity contribution in [1.82, 2.24) is 0 Å². The van der Waals surface area contributed by atoms with Crippen molar-refractivity contribution in [1.29, 1.82) is 0 Å². The number of primary amides is 1. The lowest BCUT2D eigenvalue weighted by Gasteiger charge is -2.40. The molecule has 1 aromatic rings. The summed E-state index contributed by atoms with van der Waals surface area (Å²) in [6.07, 6.45) is 4.17. The summed E-state index contributed by atoms with van der Waals surface area (Å²) in [5.74, 6) is 0.927. The molecule has 0 aliphatic heterocycles. The van der Waals surface area contributed by atoms with Crippen molar-refractivity contribution in [3.8, 4) is 0 Å².